The maximum atomic E-state index is 12.8. The van der Waals surface area contributed by atoms with Crippen molar-refractivity contribution >= 4 is 15.9 Å². The van der Waals surface area contributed by atoms with Crippen LogP contribution in [0.2, 0.25) is 0 Å². The second-order valence-corrected chi connectivity index (χ2v) is 4.99. The van der Waals surface area contributed by atoms with Crippen LogP contribution in [0.1, 0.15) is 19.4 Å². The predicted molar refractivity (Wildman–Crippen MR) is 62.1 cm³/mol. The van der Waals surface area contributed by atoms with Gasteiger partial charge in [0.15, 0.2) is 0 Å². The number of hydrogen-bond acceptors (Lipinski definition) is 2. The number of aliphatic hydroxyl groups excluding tert-OH is 1. The second-order valence-electron chi connectivity index (χ2n) is 4.13. The van der Waals surface area contributed by atoms with Gasteiger partial charge in [-0.05, 0) is 31.5 Å². The van der Waals surface area contributed by atoms with Gasteiger partial charge in [0.05, 0.1) is 6.61 Å². The van der Waals surface area contributed by atoms with E-state index in [0.29, 0.717) is 6.54 Å². The Hall–Kier alpha value is -0.450. The molecule has 0 fully saturated rings. The van der Waals surface area contributed by atoms with E-state index < -0.39 is 0 Å². The molecule has 0 saturated carbocycles. The largest absolute Gasteiger partial charge is 0.394 e. The van der Waals surface area contributed by atoms with Crippen LogP contribution in [-0.2, 0) is 6.54 Å². The van der Waals surface area contributed by atoms with E-state index >= 15 is 0 Å². The zero-order valence-corrected chi connectivity index (χ0v) is 10.4. The Morgan fingerprint density at radius 3 is 2.67 bits per heavy atom. The van der Waals surface area contributed by atoms with Gasteiger partial charge in [-0.25, -0.2) is 4.39 Å². The Kier molecular flexibility index (Phi) is 4.25. The molecule has 0 heterocycles. The molecule has 1 aromatic carbocycles. The summed E-state index contributed by atoms with van der Waals surface area (Å²) >= 11 is 3.29. The number of benzene rings is 1. The summed E-state index contributed by atoms with van der Waals surface area (Å²) in [6.45, 7) is 4.47. The predicted octanol–water partition coefficient (Wildman–Crippen LogP) is 2.45. The van der Waals surface area contributed by atoms with Crippen LogP contribution in [0.25, 0.3) is 0 Å². The molecule has 0 aliphatic rings. The first-order valence-electron chi connectivity index (χ1n) is 4.74. The summed E-state index contributed by atoms with van der Waals surface area (Å²) in [5.41, 5.74) is 0.645. The highest BCUT2D eigenvalue weighted by atomic mass is 79.9. The number of halogens is 2. The number of hydrogen-bond donors (Lipinski definition) is 2. The zero-order chi connectivity index (χ0) is 11.5. The molecule has 0 spiro atoms. The molecule has 1 aromatic rings. The standard InChI is InChI=1S/C11H15BrFNO/c1-11(2,7-15)14-6-8-3-4-9(13)5-10(8)12/h3-5,14-15H,6-7H2,1-2H3. The van der Waals surface area contributed by atoms with Crippen molar-refractivity contribution < 1.29 is 9.50 Å². The third kappa shape index (κ3) is 3.89. The van der Waals surface area contributed by atoms with Crippen LogP contribution in [0, 0.1) is 5.82 Å². The smallest absolute Gasteiger partial charge is 0.124 e. The van der Waals surface area contributed by atoms with Gasteiger partial charge in [0.2, 0.25) is 0 Å². The van der Waals surface area contributed by atoms with Gasteiger partial charge in [-0.3, -0.25) is 0 Å². The first kappa shape index (κ1) is 12.6. The highest BCUT2D eigenvalue weighted by molar-refractivity contribution is 9.10. The van der Waals surface area contributed by atoms with Crippen molar-refractivity contribution in [1.82, 2.24) is 5.32 Å². The summed E-state index contributed by atoms with van der Waals surface area (Å²) in [6, 6.07) is 4.58. The Bertz CT molecular complexity index is 341. The molecule has 0 unspecified atom stereocenters. The monoisotopic (exact) mass is 275 g/mol. The van der Waals surface area contributed by atoms with Crippen LogP contribution >= 0.6 is 15.9 Å². The van der Waals surface area contributed by atoms with Gasteiger partial charge in [0.25, 0.3) is 0 Å². The molecule has 0 aliphatic heterocycles. The Balaban J connectivity index is 2.66. The van der Waals surface area contributed by atoms with Crippen molar-refractivity contribution in [3.05, 3.63) is 34.1 Å². The van der Waals surface area contributed by atoms with E-state index in [4.69, 9.17) is 5.11 Å². The van der Waals surface area contributed by atoms with Crippen LogP contribution in [0.15, 0.2) is 22.7 Å². The molecule has 2 nitrogen and oxygen atoms in total. The van der Waals surface area contributed by atoms with Gasteiger partial charge in [-0.1, -0.05) is 22.0 Å². The quantitative estimate of drug-likeness (QED) is 0.885. The van der Waals surface area contributed by atoms with E-state index in [9.17, 15) is 4.39 Å². The van der Waals surface area contributed by atoms with Crippen molar-refractivity contribution in [1.29, 1.82) is 0 Å². The first-order chi connectivity index (χ1) is 6.94. The molecule has 0 aromatic heterocycles. The van der Waals surface area contributed by atoms with E-state index in [-0.39, 0.29) is 18.0 Å². The van der Waals surface area contributed by atoms with Crippen molar-refractivity contribution in [2.75, 3.05) is 6.61 Å². The van der Waals surface area contributed by atoms with Crippen molar-refractivity contribution in [3.63, 3.8) is 0 Å². The Labute approximate surface area is 97.6 Å². The topological polar surface area (TPSA) is 32.3 Å². The van der Waals surface area contributed by atoms with E-state index in [0.717, 1.165) is 10.0 Å². The van der Waals surface area contributed by atoms with Crippen molar-refractivity contribution in [2.24, 2.45) is 0 Å². The third-order valence-corrected chi connectivity index (χ3v) is 2.91. The normalized spacial score (nSPS) is 11.8. The average molecular weight is 276 g/mol. The molecule has 0 bridgehead atoms. The lowest BCUT2D eigenvalue weighted by Crippen LogP contribution is -2.42. The van der Waals surface area contributed by atoms with Gasteiger partial charge in [0, 0.05) is 16.6 Å². The fourth-order valence-corrected chi connectivity index (χ4v) is 1.55. The Morgan fingerprint density at radius 1 is 1.47 bits per heavy atom. The fourth-order valence-electron chi connectivity index (χ4n) is 1.06. The van der Waals surface area contributed by atoms with E-state index in [1.54, 1.807) is 6.07 Å². The molecule has 4 heteroatoms. The molecule has 0 aliphatic carbocycles. The third-order valence-electron chi connectivity index (χ3n) is 2.17. The molecule has 0 amide bonds. The number of nitrogens with one attached hydrogen (secondary N) is 1. The maximum Gasteiger partial charge on any atom is 0.124 e. The summed E-state index contributed by atoms with van der Waals surface area (Å²) in [6.07, 6.45) is 0. The summed E-state index contributed by atoms with van der Waals surface area (Å²) in [5, 5.41) is 12.2. The minimum Gasteiger partial charge on any atom is -0.394 e. The maximum absolute atomic E-state index is 12.8. The molecule has 0 radical (unpaired) electrons. The number of aliphatic hydroxyl groups is 1. The van der Waals surface area contributed by atoms with Gasteiger partial charge < -0.3 is 10.4 Å². The van der Waals surface area contributed by atoms with Crippen LogP contribution < -0.4 is 5.32 Å². The lowest BCUT2D eigenvalue weighted by molar-refractivity contribution is 0.187. The van der Waals surface area contributed by atoms with Crippen molar-refractivity contribution in [3.8, 4) is 0 Å². The van der Waals surface area contributed by atoms with Gasteiger partial charge >= 0.3 is 0 Å². The van der Waals surface area contributed by atoms with Crippen molar-refractivity contribution in [2.45, 2.75) is 25.9 Å². The van der Waals surface area contributed by atoms with Gasteiger partial charge in [-0.2, -0.15) is 0 Å². The highest BCUT2D eigenvalue weighted by Crippen LogP contribution is 2.18. The molecule has 15 heavy (non-hydrogen) atoms. The van der Waals surface area contributed by atoms with E-state index in [1.165, 1.54) is 12.1 Å². The van der Waals surface area contributed by atoms with Crippen LogP contribution in [-0.4, -0.2) is 17.3 Å². The van der Waals surface area contributed by atoms with Gasteiger partial charge in [0.1, 0.15) is 5.82 Å². The minimum absolute atomic E-state index is 0.0613. The average Bonchev–Trinajstić information content (AvgIpc) is 2.16. The van der Waals surface area contributed by atoms with Crippen LogP contribution in [0.3, 0.4) is 0 Å². The van der Waals surface area contributed by atoms with E-state index in [2.05, 4.69) is 21.2 Å². The molecule has 84 valence electrons. The summed E-state index contributed by atoms with van der Waals surface area (Å²) in [4.78, 5) is 0. The summed E-state index contributed by atoms with van der Waals surface area (Å²) < 4.78 is 13.5. The lowest BCUT2D eigenvalue weighted by Gasteiger charge is -2.23. The molecule has 0 atom stereocenters. The summed E-state index contributed by atoms with van der Waals surface area (Å²) in [7, 11) is 0. The highest BCUT2D eigenvalue weighted by Gasteiger charge is 2.15. The zero-order valence-electron chi connectivity index (χ0n) is 8.85. The van der Waals surface area contributed by atoms with Crippen LogP contribution in [0.4, 0.5) is 4.39 Å². The SMILES string of the molecule is CC(C)(CO)NCc1ccc(F)cc1Br. The van der Waals surface area contributed by atoms with Gasteiger partial charge in [-0.15, -0.1) is 0 Å². The minimum atomic E-state index is -0.326. The first-order valence-corrected chi connectivity index (χ1v) is 5.54. The molecular formula is C11H15BrFNO. The summed E-state index contributed by atoms with van der Waals surface area (Å²) in [5.74, 6) is -0.257. The molecule has 2 N–H and O–H groups in total. The molecule has 0 saturated heterocycles. The van der Waals surface area contributed by atoms with E-state index in [1.807, 2.05) is 13.8 Å². The van der Waals surface area contributed by atoms with Crippen LogP contribution in [0.5, 0.6) is 0 Å². The Morgan fingerprint density at radius 2 is 2.13 bits per heavy atom. The number of rotatable bonds is 4. The lowest BCUT2D eigenvalue weighted by atomic mass is 10.1. The molecule has 1 rings (SSSR count). The molecular weight excluding hydrogens is 261 g/mol. The second kappa shape index (κ2) is 5.05. The fraction of sp³-hybridized carbons (Fsp3) is 0.455.